The summed E-state index contributed by atoms with van der Waals surface area (Å²) in [4.78, 5) is 10.6. The van der Waals surface area contributed by atoms with Gasteiger partial charge in [-0.15, -0.1) is 0 Å². The normalized spacial score (nSPS) is 32.7. The van der Waals surface area contributed by atoms with Crippen molar-refractivity contribution in [2.75, 3.05) is 19.5 Å². The molecule has 0 saturated carbocycles. The molecule has 0 aromatic heterocycles. The van der Waals surface area contributed by atoms with Crippen LogP contribution >= 0.6 is 0 Å². The van der Waals surface area contributed by atoms with Crippen molar-refractivity contribution in [3.63, 3.8) is 0 Å². The van der Waals surface area contributed by atoms with Gasteiger partial charge in [-0.3, -0.25) is 4.79 Å². The van der Waals surface area contributed by atoms with E-state index in [9.17, 15) is 9.00 Å². The van der Waals surface area contributed by atoms with Crippen molar-refractivity contribution in [3.8, 4) is 0 Å². The largest absolute Gasteiger partial charge is 0.481 e. The lowest BCUT2D eigenvalue weighted by molar-refractivity contribution is -0.142. The van der Waals surface area contributed by atoms with Crippen LogP contribution in [0, 0.1) is 10.7 Å². The topological polar surface area (TPSA) is 99.5 Å². The highest BCUT2D eigenvalue weighted by molar-refractivity contribution is 7.89. The van der Waals surface area contributed by atoms with E-state index in [4.69, 9.17) is 14.6 Å². The second-order valence-corrected chi connectivity index (χ2v) is 4.97. The Labute approximate surface area is 76.4 Å². The molecule has 1 heterocycles. The van der Waals surface area contributed by atoms with Crippen molar-refractivity contribution in [1.29, 1.82) is 4.78 Å². The molecule has 1 rings (SSSR count). The van der Waals surface area contributed by atoms with Gasteiger partial charge >= 0.3 is 5.97 Å². The van der Waals surface area contributed by atoms with E-state index in [2.05, 4.69) is 4.72 Å². The zero-order chi connectivity index (χ0) is 10.1. The van der Waals surface area contributed by atoms with Crippen molar-refractivity contribution in [1.82, 2.24) is 4.72 Å². The number of ether oxygens (including phenoxy) is 1. The summed E-state index contributed by atoms with van der Waals surface area (Å²) in [5.41, 5.74) is 0. The quantitative estimate of drug-likeness (QED) is 0.569. The van der Waals surface area contributed by atoms with E-state index in [1.165, 1.54) is 6.26 Å². The lowest BCUT2D eigenvalue weighted by Gasteiger charge is -2.14. The van der Waals surface area contributed by atoms with Crippen LogP contribution in [-0.4, -0.2) is 40.8 Å². The molecule has 1 saturated heterocycles. The molecule has 3 N–H and O–H groups in total. The van der Waals surface area contributed by atoms with Crippen LogP contribution in [0.1, 0.15) is 0 Å². The Morgan fingerprint density at radius 2 is 2.31 bits per heavy atom. The predicted octanol–water partition coefficient (Wildman–Crippen LogP) is -0.733. The fraction of sp³-hybridized carbons (Fsp3) is 0.833. The van der Waals surface area contributed by atoms with Crippen LogP contribution in [0.2, 0.25) is 0 Å². The number of hydrogen-bond donors (Lipinski definition) is 3. The lowest BCUT2D eigenvalue weighted by Crippen LogP contribution is -2.41. The summed E-state index contributed by atoms with van der Waals surface area (Å²) in [6.07, 6.45) is 1.21. The van der Waals surface area contributed by atoms with Gasteiger partial charge in [0, 0.05) is 6.26 Å². The van der Waals surface area contributed by atoms with Crippen LogP contribution in [0.5, 0.6) is 0 Å². The van der Waals surface area contributed by atoms with E-state index in [0.717, 1.165) is 0 Å². The van der Waals surface area contributed by atoms with Crippen molar-refractivity contribution in [2.45, 2.75) is 6.04 Å². The van der Waals surface area contributed by atoms with E-state index in [0.29, 0.717) is 0 Å². The number of carboxylic acid groups (broad SMARTS) is 1. The second-order valence-electron chi connectivity index (χ2n) is 3.05. The zero-order valence-electron chi connectivity index (χ0n) is 7.15. The third kappa shape index (κ3) is 2.94. The summed E-state index contributed by atoms with van der Waals surface area (Å²) in [7, 11) is -2.87. The Morgan fingerprint density at radius 3 is 2.77 bits per heavy atom. The van der Waals surface area contributed by atoms with Crippen LogP contribution in [-0.2, 0) is 19.4 Å². The lowest BCUT2D eigenvalue weighted by atomic mass is 10.1. The molecule has 3 atom stereocenters. The second kappa shape index (κ2) is 3.60. The molecule has 7 heteroatoms. The van der Waals surface area contributed by atoms with Gasteiger partial charge in [0.05, 0.1) is 25.2 Å². The highest BCUT2D eigenvalue weighted by Gasteiger charge is 2.34. The molecule has 0 aromatic rings. The van der Waals surface area contributed by atoms with Crippen LogP contribution in [0.4, 0.5) is 0 Å². The molecule has 0 aliphatic carbocycles. The predicted molar refractivity (Wildman–Crippen MR) is 45.7 cm³/mol. The third-order valence-electron chi connectivity index (χ3n) is 1.77. The average Bonchev–Trinajstić information content (AvgIpc) is 2.31. The van der Waals surface area contributed by atoms with Gasteiger partial charge in [0.2, 0.25) is 0 Å². The number of rotatable bonds is 3. The summed E-state index contributed by atoms with van der Waals surface area (Å²) in [5.74, 6) is -1.69. The van der Waals surface area contributed by atoms with Crippen molar-refractivity contribution < 1.29 is 18.8 Å². The maximum atomic E-state index is 11.0. The Balaban J connectivity index is 2.64. The van der Waals surface area contributed by atoms with E-state index in [1.807, 2.05) is 0 Å². The van der Waals surface area contributed by atoms with E-state index in [-0.39, 0.29) is 13.2 Å². The highest BCUT2D eigenvalue weighted by Crippen LogP contribution is 2.14. The Hall–Kier alpha value is -0.660. The van der Waals surface area contributed by atoms with Crippen molar-refractivity contribution in [2.24, 2.45) is 5.92 Å². The summed E-state index contributed by atoms with van der Waals surface area (Å²) in [6.45, 7) is 0.309. The maximum absolute atomic E-state index is 11.0. The number of aliphatic carboxylic acids is 1. The SMILES string of the molecule is CS(=N)(=O)NC1COCC1C(=O)O. The third-order valence-corrected chi connectivity index (χ3v) is 2.53. The van der Waals surface area contributed by atoms with E-state index >= 15 is 0 Å². The molecule has 1 fully saturated rings. The molecule has 1 aliphatic rings. The van der Waals surface area contributed by atoms with Gasteiger partial charge < -0.3 is 9.84 Å². The van der Waals surface area contributed by atoms with E-state index < -0.39 is 27.8 Å². The Kier molecular flexibility index (Phi) is 2.89. The van der Waals surface area contributed by atoms with Gasteiger partial charge in [-0.2, -0.15) is 0 Å². The molecule has 6 nitrogen and oxygen atoms in total. The van der Waals surface area contributed by atoms with Crippen LogP contribution < -0.4 is 4.72 Å². The smallest absolute Gasteiger partial charge is 0.310 e. The van der Waals surface area contributed by atoms with Gasteiger partial charge in [0.1, 0.15) is 9.92 Å². The summed E-state index contributed by atoms with van der Waals surface area (Å²) >= 11 is 0. The van der Waals surface area contributed by atoms with Gasteiger partial charge in [-0.25, -0.2) is 13.7 Å². The van der Waals surface area contributed by atoms with Crippen LogP contribution in [0.15, 0.2) is 0 Å². The first-order valence-electron chi connectivity index (χ1n) is 3.72. The van der Waals surface area contributed by atoms with Crippen molar-refractivity contribution in [3.05, 3.63) is 0 Å². The molecular formula is C6H12N2O4S. The minimum atomic E-state index is -2.87. The monoisotopic (exact) mass is 208 g/mol. The standard InChI is InChI=1S/C6H12N2O4S/c1-13(7,11)8-5-3-12-2-4(5)6(9)10/h4-5H,2-3H2,1H3,(H,9,10)(H2,7,8,11). The fourth-order valence-corrected chi connectivity index (χ4v) is 2.01. The molecule has 0 radical (unpaired) electrons. The number of nitrogens with one attached hydrogen (secondary N) is 2. The molecule has 0 aromatic carbocycles. The van der Waals surface area contributed by atoms with Gasteiger partial charge in [0.15, 0.2) is 0 Å². The molecule has 0 spiro atoms. The van der Waals surface area contributed by atoms with E-state index in [1.54, 1.807) is 0 Å². The van der Waals surface area contributed by atoms with Gasteiger partial charge in [-0.05, 0) is 0 Å². The molecule has 0 bridgehead atoms. The van der Waals surface area contributed by atoms with Crippen LogP contribution in [0.25, 0.3) is 0 Å². The van der Waals surface area contributed by atoms with Crippen molar-refractivity contribution >= 4 is 15.9 Å². The number of carbonyl (C=O) groups is 1. The molecule has 76 valence electrons. The van der Waals surface area contributed by atoms with Crippen LogP contribution in [0.3, 0.4) is 0 Å². The fourth-order valence-electron chi connectivity index (χ4n) is 1.20. The first-order chi connectivity index (χ1) is 5.90. The minimum Gasteiger partial charge on any atom is -0.481 e. The molecule has 1 aliphatic heterocycles. The first-order valence-corrected chi connectivity index (χ1v) is 5.68. The molecule has 0 amide bonds. The zero-order valence-corrected chi connectivity index (χ0v) is 7.97. The highest BCUT2D eigenvalue weighted by atomic mass is 32.2. The summed E-state index contributed by atoms with van der Waals surface area (Å²) in [5, 5.41) is 8.71. The maximum Gasteiger partial charge on any atom is 0.310 e. The summed E-state index contributed by atoms with van der Waals surface area (Å²) < 4.78 is 25.5. The minimum absolute atomic E-state index is 0.114. The average molecular weight is 208 g/mol. The van der Waals surface area contributed by atoms with Gasteiger partial charge in [0.25, 0.3) is 0 Å². The van der Waals surface area contributed by atoms with Gasteiger partial charge in [-0.1, -0.05) is 0 Å². The summed E-state index contributed by atoms with van der Waals surface area (Å²) in [6, 6.07) is -0.521. The number of hydrogen-bond acceptors (Lipinski definition) is 4. The molecule has 13 heavy (non-hydrogen) atoms. The number of carboxylic acids is 1. The molecule has 3 unspecified atom stereocenters. The Bertz CT molecular complexity index is 300. The molecular weight excluding hydrogens is 196 g/mol. The first kappa shape index (κ1) is 10.4. The Morgan fingerprint density at radius 1 is 1.69 bits per heavy atom.